The van der Waals surface area contributed by atoms with Gasteiger partial charge < -0.3 is 28.5 Å². The molecule has 0 radical (unpaired) electrons. The third-order valence-corrected chi connectivity index (χ3v) is 19.0. The minimum Gasteiger partial charge on any atom is -0.477 e. The lowest BCUT2D eigenvalue weighted by molar-refractivity contribution is -0.870. The summed E-state index contributed by atoms with van der Waals surface area (Å²) in [5, 5.41) is 9.79. The summed E-state index contributed by atoms with van der Waals surface area (Å²) in [5.41, 5.74) is 0. The van der Waals surface area contributed by atoms with Gasteiger partial charge in [0.15, 0.2) is 6.10 Å². The Labute approximate surface area is 660 Å². The number of nitrogens with zero attached hydrogens (tertiary/aromatic N) is 1. The van der Waals surface area contributed by atoms with Gasteiger partial charge in [-0.15, -0.1) is 0 Å². The minimum atomic E-state index is -1.52. The van der Waals surface area contributed by atoms with Crippen LogP contribution in [-0.2, 0) is 33.3 Å². The number of esters is 2. The summed E-state index contributed by atoms with van der Waals surface area (Å²) in [4.78, 5) is 37.8. The van der Waals surface area contributed by atoms with Crippen molar-refractivity contribution >= 4 is 17.9 Å². The molecule has 0 aliphatic heterocycles. The van der Waals surface area contributed by atoms with Crippen LogP contribution in [0.1, 0.15) is 373 Å². The molecule has 0 fully saturated rings. The average Bonchev–Trinajstić information content (AvgIpc) is 0.965. The van der Waals surface area contributed by atoms with Gasteiger partial charge in [0.2, 0.25) is 0 Å². The topological polar surface area (TPSA) is 108 Å². The van der Waals surface area contributed by atoms with Gasteiger partial charge >= 0.3 is 17.9 Å². The van der Waals surface area contributed by atoms with Gasteiger partial charge in [-0.2, -0.15) is 0 Å². The van der Waals surface area contributed by atoms with Crippen LogP contribution < -0.4 is 0 Å². The van der Waals surface area contributed by atoms with E-state index in [-0.39, 0.29) is 32.2 Å². The molecule has 9 nitrogen and oxygen atoms in total. The van der Waals surface area contributed by atoms with Gasteiger partial charge in [-0.1, -0.05) is 396 Å². The Hall–Kier alpha value is -5.35. The van der Waals surface area contributed by atoms with E-state index in [9.17, 15) is 19.5 Å². The third-order valence-electron chi connectivity index (χ3n) is 19.0. The van der Waals surface area contributed by atoms with Gasteiger partial charge in [-0.3, -0.25) is 9.59 Å². The fourth-order valence-corrected chi connectivity index (χ4v) is 12.3. The molecule has 2 unspecified atom stereocenters. The monoisotopic (exact) mass is 1490 g/mol. The third kappa shape index (κ3) is 87.8. The maximum Gasteiger partial charge on any atom is 0.361 e. The van der Waals surface area contributed by atoms with Crippen LogP contribution in [0, 0.1) is 0 Å². The summed E-state index contributed by atoms with van der Waals surface area (Å²) in [6.07, 6.45) is 127. The number of hydrogen-bond donors (Lipinski definition) is 1. The molecule has 0 aliphatic carbocycles. The first-order chi connectivity index (χ1) is 52.6. The van der Waals surface area contributed by atoms with E-state index in [1.54, 1.807) is 0 Å². The Morgan fingerprint density at radius 2 is 0.533 bits per heavy atom. The number of carbonyl (C=O) groups is 3. The normalized spacial score (nSPS) is 13.5. The van der Waals surface area contributed by atoms with Crippen molar-refractivity contribution in [3.63, 3.8) is 0 Å². The van der Waals surface area contributed by atoms with Crippen molar-refractivity contribution in [1.29, 1.82) is 0 Å². The number of carboxylic acids is 1. The van der Waals surface area contributed by atoms with E-state index in [0.29, 0.717) is 23.9 Å². The Morgan fingerprint density at radius 3 is 0.794 bits per heavy atom. The summed E-state index contributed by atoms with van der Waals surface area (Å²) in [6, 6.07) is 0. The Balaban J connectivity index is 4.04. The summed E-state index contributed by atoms with van der Waals surface area (Å²) in [7, 11) is 5.98. The molecule has 0 amide bonds. The second-order valence-electron chi connectivity index (χ2n) is 30.5. The molecule has 0 aromatic carbocycles. The average molecular weight is 1490 g/mol. The molecule has 0 spiro atoms. The zero-order valence-electron chi connectivity index (χ0n) is 70.0. The van der Waals surface area contributed by atoms with E-state index in [4.69, 9.17) is 18.9 Å². The maximum atomic E-state index is 13.0. The van der Waals surface area contributed by atoms with Gasteiger partial charge in [-0.05, 0) is 135 Å². The molecule has 0 heterocycles. The lowest BCUT2D eigenvalue weighted by Gasteiger charge is -2.25. The van der Waals surface area contributed by atoms with Crippen LogP contribution in [0.3, 0.4) is 0 Å². The molecule has 0 aromatic heterocycles. The molecule has 9 heteroatoms. The standard InChI is InChI=1S/C98H165NO8/c1-6-8-10-12-14-16-18-20-22-24-26-28-30-32-34-36-38-40-42-44-46-48-50-52-54-56-58-60-62-64-66-68-70-72-74-76-78-80-82-84-86-88-95(100)105-92-94(93-106-98(97(102)103)104-91-90-99(3,4)5)107-96(101)89-87-85-83-81-79-77-75-73-71-69-67-65-63-61-59-57-55-53-51-49-47-45-43-41-39-37-35-33-31-29-27-25-23-21-19-17-15-13-11-9-7-2/h9,11,15,17-18,20-21,23-24,26-27,29-30,32-33,35,39,41,45,47,51,53,57,59,63,65,69,71,94,98H,6-8,10,12-14,16,19,22,25,28,31,34,36-38,40,42-44,46,48-50,52,54-56,58,60-62,64,66-68,70,72-93H2,1-5H3/p+1/b11-9-,17-15-,20-18-,23-21-,26-24-,29-27-,32-30-,35-33-,41-39-,47-45-,53-51-,59-57-,65-63-,71-69-. The van der Waals surface area contributed by atoms with E-state index in [1.807, 2.05) is 21.1 Å². The first kappa shape index (κ1) is 102. The highest BCUT2D eigenvalue weighted by atomic mass is 16.7. The molecule has 0 aliphatic rings. The number of quaternary nitrogens is 1. The number of rotatable bonds is 81. The van der Waals surface area contributed by atoms with Crippen LogP contribution in [0.15, 0.2) is 170 Å². The highest BCUT2D eigenvalue weighted by Crippen LogP contribution is 2.19. The predicted molar refractivity (Wildman–Crippen MR) is 465 cm³/mol. The van der Waals surface area contributed by atoms with Crippen molar-refractivity contribution in [2.75, 3.05) is 47.5 Å². The largest absolute Gasteiger partial charge is 0.477 e. The van der Waals surface area contributed by atoms with Gasteiger partial charge in [0, 0.05) is 12.8 Å². The van der Waals surface area contributed by atoms with Crippen molar-refractivity contribution in [3.05, 3.63) is 170 Å². The van der Waals surface area contributed by atoms with Crippen LogP contribution in [0.25, 0.3) is 0 Å². The summed E-state index contributed by atoms with van der Waals surface area (Å²) in [5.74, 6) is -2.02. The fraction of sp³-hybridized carbons (Fsp3) is 0.684. The maximum absolute atomic E-state index is 13.0. The van der Waals surface area contributed by atoms with E-state index in [0.717, 1.165) is 128 Å². The number of ether oxygens (including phenoxy) is 4. The lowest BCUT2D eigenvalue weighted by atomic mass is 10.0. The molecule has 0 bridgehead atoms. The molecule has 0 saturated heterocycles. The van der Waals surface area contributed by atoms with Crippen LogP contribution in [0.5, 0.6) is 0 Å². The number of likely N-dealkylation sites (N-methyl/N-ethyl adjacent to an activating group) is 1. The second kappa shape index (κ2) is 86.2. The molecule has 0 aromatic rings. The number of hydrogen-bond acceptors (Lipinski definition) is 7. The quantitative estimate of drug-likeness (QED) is 0.0211. The summed E-state index contributed by atoms with van der Waals surface area (Å²) < 4.78 is 23.1. The van der Waals surface area contributed by atoms with E-state index < -0.39 is 24.3 Å². The van der Waals surface area contributed by atoms with Crippen molar-refractivity contribution in [3.8, 4) is 0 Å². The van der Waals surface area contributed by atoms with Gasteiger partial charge in [-0.25, -0.2) is 4.79 Å². The molecular formula is C98H166NO8+. The van der Waals surface area contributed by atoms with E-state index in [2.05, 4.69) is 184 Å². The van der Waals surface area contributed by atoms with Crippen LogP contribution in [0.2, 0.25) is 0 Å². The van der Waals surface area contributed by atoms with Crippen LogP contribution >= 0.6 is 0 Å². The van der Waals surface area contributed by atoms with Gasteiger partial charge in [0.1, 0.15) is 13.2 Å². The first-order valence-corrected chi connectivity index (χ1v) is 44.3. The number of carbonyl (C=O) groups excluding carboxylic acids is 2. The summed E-state index contributed by atoms with van der Waals surface area (Å²) in [6.45, 7) is 4.76. The SMILES string of the molecule is CC/C=C\C/C=C\C/C=C\C/C=C\C/C=C\C/C=C\C/C=C\C/C=C\C/C=C\C/C=C\C/C=C\CCCCCCCCCC(=O)OC(COC(=O)CCCCCCCCCCCCCCCCCCCCCCCCCCCC/C=C\C/C=C\C/C=C\CCCCCCC)COC(OCC[N+](C)(C)C)C(=O)O. The van der Waals surface area contributed by atoms with Crippen LogP contribution in [-0.4, -0.2) is 87.4 Å². The molecule has 0 saturated carbocycles. The molecule has 0 rings (SSSR count). The van der Waals surface area contributed by atoms with Crippen molar-refractivity contribution in [2.45, 2.75) is 386 Å². The van der Waals surface area contributed by atoms with E-state index in [1.165, 1.54) is 212 Å². The highest BCUT2D eigenvalue weighted by molar-refractivity contribution is 5.71. The Bertz CT molecular complexity index is 2380. The number of aliphatic carboxylic acids is 1. The zero-order valence-corrected chi connectivity index (χ0v) is 70.0. The zero-order chi connectivity index (χ0) is 77.4. The molecule has 107 heavy (non-hydrogen) atoms. The molecule has 2 atom stereocenters. The van der Waals surface area contributed by atoms with E-state index >= 15 is 0 Å². The van der Waals surface area contributed by atoms with Crippen LogP contribution in [0.4, 0.5) is 0 Å². The fourth-order valence-electron chi connectivity index (χ4n) is 12.3. The van der Waals surface area contributed by atoms with Gasteiger partial charge in [0.25, 0.3) is 6.29 Å². The smallest absolute Gasteiger partial charge is 0.361 e. The Morgan fingerprint density at radius 1 is 0.290 bits per heavy atom. The number of allylic oxidation sites excluding steroid dienone is 28. The lowest BCUT2D eigenvalue weighted by Crippen LogP contribution is -2.40. The second-order valence-corrected chi connectivity index (χ2v) is 30.5. The van der Waals surface area contributed by atoms with Crippen molar-refractivity contribution in [1.82, 2.24) is 0 Å². The molecular weight excluding hydrogens is 1320 g/mol. The predicted octanol–water partition coefficient (Wildman–Crippen LogP) is 29.3. The molecule has 610 valence electrons. The molecule has 1 N–H and O–H groups in total. The highest BCUT2D eigenvalue weighted by Gasteiger charge is 2.25. The Kier molecular flexibility index (Phi) is 81.9. The summed E-state index contributed by atoms with van der Waals surface area (Å²) >= 11 is 0. The van der Waals surface area contributed by atoms with Gasteiger partial charge in [0.05, 0.1) is 34.4 Å². The number of unbranched alkanes of at least 4 members (excludes halogenated alkanes) is 38. The van der Waals surface area contributed by atoms with Crippen molar-refractivity contribution in [2.24, 2.45) is 0 Å². The first-order valence-electron chi connectivity index (χ1n) is 44.3. The van der Waals surface area contributed by atoms with Crippen molar-refractivity contribution < 1.29 is 42.9 Å². The number of carboxylic acid groups (broad SMARTS) is 1. The minimum absolute atomic E-state index is 0.179.